The summed E-state index contributed by atoms with van der Waals surface area (Å²) < 4.78 is 6.92. The van der Waals surface area contributed by atoms with Gasteiger partial charge in [0.2, 0.25) is 11.8 Å². The zero-order chi connectivity index (χ0) is 19.3. The van der Waals surface area contributed by atoms with Crippen molar-refractivity contribution in [2.75, 3.05) is 7.11 Å². The standard InChI is InChI=1S/C20H26N4O3/c1-15(25)22-20(11-4-3-5-12-20)19(26)21-14-16-10-13-24(23-16)17-6-8-18(27-2)9-7-17/h6-10,13H,3-5,11-12,14H2,1-2H3,(H,21,26)(H,22,25). The molecule has 7 nitrogen and oxygen atoms in total. The monoisotopic (exact) mass is 370 g/mol. The average molecular weight is 370 g/mol. The summed E-state index contributed by atoms with van der Waals surface area (Å²) in [5.41, 5.74) is 0.881. The minimum Gasteiger partial charge on any atom is -0.497 e. The number of amides is 2. The third-order valence-corrected chi connectivity index (χ3v) is 4.97. The van der Waals surface area contributed by atoms with Gasteiger partial charge in [0.1, 0.15) is 11.3 Å². The Morgan fingerprint density at radius 1 is 1.15 bits per heavy atom. The highest BCUT2D eigenvalue weighted by Gasteiger charge is 2.40. The summed E-state index contributed by atoms with van der Waals surface area (Å²) in [7, 11) is 1.63. The lowest BCUT2D eigenvalue weighted by molar-refractivity contribution is -0.134. The van der Waals surface area contributed by atoms with Crippen LogP contribution in [0.2, 0.25) is 0 Å². The van der Waals surface area contributed by atoms with Gasteiger partial charge in [0, 0.05) is 13.1 Å². The van der Waals surface area contributed by atoms with E-state index in [9.17, 15) is 9.59 Å². The number of benzene rings is 1. The Balaban J connectivity index is 1.64. The summed E-state index contributed by atoms with van der Waals surface area (Å²) in [6, 6.07) is 9.46. The second kappa shape index (κ2) is 8.24. The van der Waals surface area contributed by atoms with Gasteiger partial charge >= 0.3 is 0 Å². The Morgan fingerprint density at radius 2 is 1.85 bits per heavy atom. The molecule has 2 aromatic rings. The van der Waals surface area contributed by atoms with Crippen LogP contribution in [0.3, 0.4) is 0 Å². The Labute approximate surface area is 159 Å². The van der Waals surface area contributed by atoms with Gasteiger partial charge in [-0.2, -0.15) is 5.10 Å². The molecule has 1 aliphatic carbocycles. The lowest BCUT2D eigenvalue weighted by Crippen LogP contribution is -2.59. The van der Waals surface area contributed by atoms with E-state index in [4.69, 9.17) is 4.74 Å². The molecule has 0 bridgehead atoms. The van der Waals surface area contributed by atoms with Gasteiger partial charge < -0.3 is 15.4 Å². The molecular formula is C20H26N4O3. The normalized spacial score (nSPS) is 15.8. The predicted octanol–water partition coefficient (Wildman–Crippen LogP) is 2.34. The molecule has 2 amide bonds. The van der Waals surface area contributed by atoms with E-state index >= 15 is 0 Å². The Hall–Kier alpha value is -2.83. The Morgan fingerprint density at radius 3 is 2.48 bits per heavy atom. The minimum atomic E-state index is -0.789. The number of carbonyl (C=O) groups is 2. The van der Waals surface area contributed by atoms with Gasteiger partial charge in [0.05, 0.1) is 25.0 Å². The number of methoxy groups -OCH3 is 1. The molecule has 1 aromatic heterocycles. The van der Waals surface area contributed by atoms with Crippen molar-refractivity contribution >= 4 is 11.8 Å². The summed E-state index contributed by atoms with van der Waals surface area (Å²) >= 11 is 0. The first kappa shape index (κ1) is 18.9. The molecule has 7 heteroatoms. The first-order valence-corrected chi connectivity index (χ1v) is 9.28. The fourth-order valence-electron chi connectivity index (χ4n) is 3.58. The van der Waals surface area contributed by atoms with Crippen molar-refractivity contribution in [1.29, 1.82) is 0 Å². The van der Waals surface area contributed by atoms with Crippen molar-refractivity contribution in [2.45, 2.75) is 51.1 Å². The van der Waals surface area contributed by atoms with Crippen LogP contribution in [-0.4, -0.2) is 34.2 Å². The van der Waals surface area contributed by atoms with Crippen LogP contribution in [0.15, 0.2) is 36.5 Å². The van der Waals surface area contributed by atoms with Crippen LogP contribution < -0.4 is 15.4 Å². The molecule has 1 heterocycles. The second-order valence-corrected chi connectivity index (χ2v) is 6.96. The van der Waals surface area contributed by atoms with E-state index in [1.165, 1.54) is 6.92 Å². The molecule has 0 aliphatic heterocycles. The zero-order valence-corrected chi connectivity index (χ0v) is 15.8. The van der Waals surface area contributed by atoms with Gasteiger partial charge in [0.15, 0.2) is 0 Å². The molecule has 0 unspecified atom stereocenters. The van der Waals surface area contributed by atoms with E-state index in [0.29, 0.717) is 19.4 Å². The fourth-order valence-corrected chi connectivity index (χ4v) is 3.58. The number of rotatable bonds is 6. The van der Waals surface area contributed by atoms with Gasteiger partial charge in [-0.3, -0.25) is 9.59 Å². The summed E-state index contributed by atoms with van der Waals surface area (Å²) in [6.07, 6.45) is 6.20. The van der Waals surface area contributed by atoms with E-state index in [1.807, 2.05) is 36.5 Å². The highest BCUT2D eigenvalue weighted by atomic mass is 16.5. The van der Waals surface area contributed by atoms with Crippen LogP contribution in [0.1, 0.15) is 44.7 Å². The summed E-state index contributed by atoms with van der Waals surface area (Å²) in [5.74, 6) is 0.487. The van der Waals surface area contributed by atoms with Crippen molar-refractivity contribution in [3.05, 3.63) is 42.2 Å². The zero-order valence-electron chi connectivity index (χ0n) is 15.8. The first-order chi connectivity index (χ1) is 13.0. The molecule has 1 aliphatic rings. The maximum absolute atomic E-state index is 12.8. The number of carbonyl (C=O) groups excluding carboxylic acids is 2. The molecule has 1 aromatic carbocycles. The van der Waals surface area contributed by atoms with Gasteiger partial charge in [-0.05, 0) is 43.2 Å². The van der Waals surface area contributed by atoms with E-state index < -0.39 is 5.54 Å². The Kier molecular flexibility index (Phi) is 5.78. The maximum atomic E-state index is 12.8. The van der Waals surface area contributed by atoms with Gasteiger partial charge in [0.25, 0.3) is 0 Å². The lowest BCUT2D eigenvalue weighted by Gasteiger charge is -2.36. The Bertz CT molecular complexity index is 792. The van der Waals surface area contributed by atoms with E-state index in [1.54, 1.807) is 11.8 Å². The van der Waals surface area contributed by atoms with E-state index in [2.05, 4.69) is 15.7 Å². The van der Waals surface area contributed by atoms with Crippen molar-refractivity contribution in [2.24, 2.45) is 0 Å². The largest absolute Gasteiger partial charge is 0.497 e. The third kappa shape index (κ3) is 4.48. The molecular weight excluding hydrogens is 344 g/mol. The fraction of sp³-hybridized carbons (Fsp3) is 0.450. The van der Waals surface area contributed by atoms with Crippen LogP contribution in [0.25, 0.3) is 5.69 Å². The number of hydrogen-bond donors (Lipinski definition) is 2. The van der Waals surface area contributed by atoms with Gasteiger partial charge in [-0.1, -0.05) is 19.3 Å². The summed E-state index contributed by atoms with van der Waals surface area (Å²) in [6.45, 7) is 1.78. The maximum Gasteiger partial charge on any atom is 0.246 e. The van der Waals surface area contributed by atoms with Crippen molar-refractivity contribution < 1.29 is 14.3 Å². The smallest absolute Gasteiger partial charge is 0.246 e. The van der Waals surface area contributed by atoms with Crippen LogP contribution in [0.4, 0.5) is 0 Å². The summed E-state index contributed by atoms with van der Waals surface area (Å²) in [5, 5.41) is 10.3. The highest BCUT2D eigenvalue weighted by Crippen LogP contribution is 2.28. The second-order valence-electron chi connectivity index (χ2n) is 6.96. The quantitative estimate of drug-likeness (QED) is 0.817. The van der Waals surface area contributed by atoms with E-state index in [0.717, 1.165) is 36.4 Å². The topological polar surface area (TPSA) is 85.2 Å². The molecule has 1 saturated carbocycles. The molecule has 2 N–H and O–H groups in total. The van der Waals surface area contributed by atoms with Crippen molar-refractivity contribution in [1.82, 2.24) is 20.4 Å². The highest BCUT2D eigenvalue weighted by molar-refractivity contribution is 5.91. The number of aromatic nitrogens is 2. The third-order valence-electron chi connectivity index (χ3n) is 4.97. The number of hydrogen-bond acceptors (Lipinski definition) is 4. The van der Waals surface area contributed by atoms with E-state index in [-0.39, 0.29) is 11.8 Å². The molecule has 144 valence electrons. The molecule has 3 rings (SSSR count). The van der Waals surface area contributed by atoms with Crippen LogP contribution in [-0.2, 0) is 16.1 Å². The average Bonchev–Trinajstić information content (AvgIpc) is 3.15. The lowest BCUT2D eigenvalue weighted by atomic mass is 9.80. The van der Waals surface area contributed by atoms with Crippen LogP contribution in [0, 0.1) is 0 Å². The molecule has 0 saturated heterocycles. The number of ether oxygens (including phenoxy) is 1. The molecule has 0 spiro atoms. The SMILES string of the molecule is COc1ccc(-n2ccc(CNC(=O)C3(NC(C)=O)CCCCC3)n2)cc1. The predicted molar refractivity (Wildman–Crippen MR) is 102 cm³/mol. The van der Waals surface area contributed by atoms with Gasteiger partial charge in [-0.25, -0.2) is 4.68 Å². The molecule has 0 radical (unpaired) electrons. The van der Waals surface area contributed by atoms with Crippen LogP contribution in [0.5, 0.6) is 5.75 Å². The van der Waals surface area contributed by atoms with Gasteiger partial charge in [-0.15, -0.1) is 0 Å². The molecule has 1 fully saturated rings. The van der Waals surface area contributed by atoms with Crippen LogP contribution >= 0.6 is 0 Å². The van der Waals surface area contributed by atoms with Crippen molar-refractivity contribution in [3.63, 3.8) is 0 Å². The van der Waals surface area contributed by atoms with Crippen molar-refractivity contribution in [3.8, 4) is 11.4 Å². The molecule has 27 heavy (non-hydrogen) atoms. The minimum absolute atomic E-state index is 0.128. The number of nitrogens with one attached hydrogen (secondary N) is 2. The molecule has 0 atom stereocenters. The first-order valence-electron chi connectivity index (χ1n) is 9.28. The summed E-state index contributed by atoms with van der Waals surface area (Å²) in [4.78, 5) is 24.4. The number of nitrogens with zero attached hydrogens (tertiary/aromatic N) is 2.